The van der Waals surface area contributed by atoms with E-state index >= 15 is 0 Å². The summed E-state index contributed by atoms with van der Waals surface area (Å²) in [5, 5.41) is 0. The number of rotatable bonds is 1. The minimum Gasteiger partial charge on any atom is -0.304 e. The standard InChI is InChI=1S/C13H8Br2N2/c14-10-6-11(15)13-16-12(8-17(13)7-10)9-4-2-1-3-5-9/h1-8H. The predicted molar refractivity (Wildman–Crippen MR) is 76.0 cm³/mol. The summed E-state index contributed by atoms with van der Waals surface area (Å²) in [7, 11) is 0. The lowest BCUT2D eigenvalue weighted by atomic mass is 10.2. The lowest BCUT2D eigenvalue weighted by molar-refractivity contribution is 1.17. The zero-order valence-corrected chi connectivity index (χ0v) is 11.9. The van der Waals surface area contributed by atoms with Crippen molar-refractivity contribution in [1.82, 2.24) is 9.38 Å². The Balaban J connectivity index is 2.24. The second-order valence-electron chi connectivity index (χ2n) is 3.73. The van der Waals surface area contributed by atoms with Crippen molar-refractivity contribution in [2.75, 3.05) is 0 Å². The van der Waals surface area contributed by atoms with Crippen LogP contribution in [-0.4, -0.2) is 9.38 Å². The number of imidazole rings is 1. The molecule has 0 amide bonds. The van der Waals surface area contributed by atoms with E-state index in [1.165, 1.54) is 0 Å². The van der Waals surface area contributed by atoms with Gasteiger partial charge in [-0.15, -0.1) is 0 Å². The van der Waals surface area contributed by atoms with Crippen LogP contribution in [0.2, 0.25) is 0 Å². The van der Waals surface area contributed by atoms with Gasteiger partial charge in [0.1, 0.15) is 0 Å². The van der Waals surface area contributed by atoms with Gasteiger partial charge >= 0.3 is 0 Å². The van der Waals surface area contributed by atoms with Crippen LogP contribution in [0.1, 0.15) is 0 Å². The fourth-order valence-corrected chi connectivity index (χ4v) is 3.07. The van der Waals surface area contributed by atoms with Crippen molar-refractivity contribution in [2.24, 2.45) is 0 Å². The Bertz CT molecular complexity index is 674. The highest BCUT2D eigenvalue weighted by atomic mass is 79.9. The van der Waals surface area contributed by atoms with E-state index in [4.69, 9.17) is 0 Å². The van der Waals surface area contributed by atoms with Gasteiger partial charge < -0.3 is 4.40 Å². The predicted octanol–water partition coefficient (Wildman–Crippen LogP) is 4.53. The first-order valence-corrected chi connectivity index (χ1v) is 6.72. The van der Waals surface area contributed by atoms with Crippen molar-refractivity contribution >= 4 is 37.5 Å². The number of nitrogens with zero attached hydrogens (tertiary/aromatic N) is 2. The second kappa shape index (κ2) is 4.27. The van der Waals surface area contributed by atoms with Crippen molar-refractivity contribution < 1.29 is 0 Å². The average molecular weight is 352 g/mol. The van der Waals surface area contributed by atoms with E-state index in [9.17, 15) is 0 Å². The second-order valence-corrected chi connectivity index (χ2v) is 5.50. The highest BCUT2D eigenvalue weighted by Gasteiger charge is 2.07. The van der Waals surface area contributed by atoms with Crippen LogP contribution in [-0.2, 0) is 0 Å². The fraction of sp³-hybridized carbons (Fsp3) is 0. The van der Waals surface area contributed by atoms with Crippen molar-refractivity contribution in [1.29, 1.82) is 0 Å². The molecule has 2 aromatic heterocycles. The van der Waals surface area contributed by atoms with E-state index in [1.54, 1.807) is 0 Å². The Morgan fingerprint density at radius 2 is 1.76 bits per heavy atom. The van der Waals surface area contributed by atoms with Crippen molar-refractivity contribution in [3.63, 3.8) is 0 Å². The van der Waals surface area contributed by atoms with Crippen LogP contribution in [0.25, 0.3) is 16.9 Å². The van der Waals surface area contributed by atoms with Gasteiger partial charge in [0.15, 0.2) is 5.65 Å². The molecule has 0 radical (unpaired) electrons. The lowest BCUT2D eigenvalue weighted by Gasteiger charge is -1.96. The molecule has 2 nitrogen and oxygen atoms in total. The van der Waals surface area contributed by atoms with Crippen molar-refractivity contribution in [3.8, 4) is 11.3 Å². The van der Waals surface area contributed by atoms with Gasteiger partial charge in [-0.25, -0.2) is 4.98 Å². The van der Waals surface area contributed by atoms with E-state index in [0.29, 0.717) is 0 Å². The monoisotopic (exact) mass is 350 g/mol. The van der Waals surface area contributed by atoms with Crippen LogP contribution in [0.4, 0.5) is 0 Å². The zero-order valence-electron chi connectivity index (χ0n) is 8.77. The number of halogens is 2. The summed E-state index contributed by atoms with van der Waals surface area (Å²) >= 11 is 6.99. The zero-order chi connectivity index (χ0) is 11.8. The highest BCUT2D eigenvalue weighted by Crippen LogP contribution is 2.26. The number of benzene rings is 1. The first-order valence-electron chi connectivity index (χ1n) is 5.13. The summed E-state index contributed by atoms with van der Waals surface area (Å²) in [4.78, 5) is 4.62. The number of hydrogen-bond acceptors (Lipinski definition) is 1. The Morgan fingerprint density at radius 3 is 2.53 bits per heavy atom. The number of fused-ring (bicyclic) bond motifs is 1. The minimum atomic E-state index is 0.923. The molecule has 17 heavy (non-hydrogen) atoms. The van der Waals surface area contributed by atoms with Gasteiger partial charge in [-0.05, 0) is 37.9 Å². The molecule has 0 unspecified atom stereocenters. The fourth-order valence-electron chi connectivity index (χ4n) is 1.77. The van der Waals surface area contributed by atoms with Crippen LogP contribution >= 0.6 is 31.9 Å². The molecule has 0 fully saturated rings. The molecular weight excluding hydrogens is 344 g/mol. The number of pyridine rings is 1. The summed E-state index contributed by atoms with van der Waals surface area (Å²) in [5.74, 6) is 0. The third-order valence-electron chi connectivity index (χ3n) is 2.54. The summed E-state index contributed by atoms with van der Waals surface area (Å²) < 4.78 is 4.01. The van der Waals surface area contributed by atoms with E-state index in [0.717, 1.165) is 25.8 Å². The first-order chi connectivity index (χ1) is 8.24. The molecule has 0 atom stereocenters. The molecule has 0 N–H and O–H groups in total. The molecule has 3 rings (SSSR count). The largest absolute Gasteiger partial charge is 0.304 e. The average Bonchev–Trinajstić information content (AvgIpc) is 2.74. The maximum Gasteiger partial charge on any atom is 0.151 e. The first kappa shape index (κ1) is 11.0. The van der Waals surface area contributed by atoms with E-state index < -0.39 is 0 Å². The van der Waals surface area contributed by atoms with E-state index in [-0.39, 0.29) is 0 Å². The van der Waals surface area contributed by atoms with E-state index in [1.807, 2.05) is 41.1 Å². The molecule has 0 bridgehead atoms. The van der Waals surface area contributed by atoms with Gasteiger partial charge in [0.2, 0.25) is 0 Å². The maximum atomic E-state index is 4.62. The SMILES string of the molecule is Brc1cc(Br)c2nc(-c3ccccc3)cn2c1. The third kappa shape index (κ3) is 2.03. The molecule has 0 aliphatic heterocycles. The smallest absolute Gasteiger partial charge is 0.151 e. The third-order valence-corrected chi connectivity index (χ3v) is 3.56. The molecule has 3 aromatic rings. The molecule has 2 heterocycles. The molecular formula is C13H8Br2N2. The summed E-state index contributed by atoms with van der Waals surface area (Å²) in [5.41, 5.74) is 3.02. The minimum absolute atomic E-state index is 0.923. The summed E-state index contributed by atoms with van der Waals surface area (Å²) in [6.07, 6.45) is 4.03. The molecule has 0 aliphatic carbocycles. The highest BCUT2D eigenvalue weighted by molar-refractivity contribution is 9.11. The van der Waals surface area contributed by atoms with Gasteiger partial charge in [-0.2, -0.15) is 0 Å². The van der Waals surface area contributed by atoms with Gasteiger partial charge in [-0.3, -0.25) is 0 Å². The molecule has 0 spiro atoms. The lowest BCUT2D eigenvalue weighted by Crippen LogP contribution is -1.83. The Kier molecular flexibility index (Phi) is 2.76. The van der Waals surface area contributed by atoms with Gasteiger partial charge in [0.05, 0.1) is 10.2 Å². The summed E-state index contributed by atoms with van der Waals surface area (Å²) in [6.45, 7) is 0. The Morgan fingerprint density at radius 1 is 1.00 bits per heavy atom. The van der Waals surface area contributed by atoms with Gasteiger partial charge in [-0.1, -0.05) is 30.3 Å². The normalized spacial score (nSPS) is 10.9. The van der Waals surface area contributed by atoms with E-state index in [2.05, 4.69) is 49.0 Å². The van der Waals surface area contributed by atoms with Crippen molar-refractivity contribution in [3.05, 3.63) is 57.7 Å². The maximum absolute atomic E-state index is 4.62. The van der Waals surface area contributed by atoms with Gasteiger partial charge in [0, 0.05) is 22.4 Å². The summed E-state index contributed by atoms with van der Waals surface area (Å²) in [6, 6.07) is 12.2. The van der Waals surface area contributed by atoms with Crippen LogP contribution in [0.5, 0.6) is 0 Å². The number of aromatic nitrogens is 2. The van der Waals surface area contributed by atoms with Gasteiger partial charge in [0.25, 0.3) is 0 Å². The van der Waals surface area contributed by atoms with Crippen LogP contribution in [0.15, 0.2) is 57.7 Å². The Hall–Kier alpha value is -1.13. The van der Waals surface area contributed by atoms with Crippen LogP contribution in [0, 0.1) is 0 Å². The molecule has 4 heteroatoms. The molecule has 84 valence electrons. The van der Waals surface area contributed by atoms with Crippen LogP contribution in [0.3, 0.4) is 0 Å². The van der Waals surface area contributed by atoms with Crippen molar-refractivity contribution in [2.45, 2.75) is 0 Å². The molecule has 0 aliphatic rings. The molecule has 0 saturated carbocycles. The topological polar surface area (TPSA) is 17.3 Å². The molecule has 0 saturated heterocycles. The quantitative estimate of drug-likeness (QED) is 0.629. The number of hydrogen-bond donors (Lipinski definition) is 0. The Labute approximate surface area is 116 Å². The molecule has 1 aromatic carbocycles. The van der Waals surface area contributed by atoms with Crippen LogP contribution < -0.4 is 0 Å².